The maximum atomic E-state index is 10.9. The molecule has 0 bridgehead atoms. The van der Waals surface area contributed by atoms with E-state index in [1.165, 1.54) is 0 Å². The van der Waals surface area contributed by atoms with Crippen LogP contribution in [0.25, 0.3) is 6.08 Å². The van der Waals surface area contributed by atoms with Crippen LogP contribution in [0.1, 0.15) is 12.5 Å². The van der Waals surface area contributed by atoms with Crippen LogP contribution >= 0.6 is 0 Å². The third kappa shape index (κ3) is 0.961. The van der Waals surface area contributed by atoms with Gasteiger partial charge in [-0.2, -0.15) is 0 Å². The molecule has 0 saturated heterocycles. The Morgan fingerprint density at radius 1 is 1.42 bits per heavy atom. The highest BCUT2D eigenvalue weighted by Crippen LogP contribution is 1.92. The molecule has 0 aliphatic carbocycles. The summed E-state index contributed by atoms with van der Waals surface area (Å²) in [5.41, 5.74) is 1.15. The van der Waals surface area contributed by atoms with E-state index in [4.69, 9.17) is 0 Å². The third-order valence-electron chi connectivity index (χ3n) is 2.03. The van der Waals surface area contributed by atoms with Gasteiger partial charge in [-0.05, 0) is 12.0 Å². The number of hydrogen-bond donors (Lipinski definition) is 0. The molecule has 60 valence electrons. The number of rotatable bonds is 1. The molecule has 1 aromatic rings. The topological polar surface area (TPSA) is 29.4 Å². The molecule has 2 rings (SSSR count). The summed E-state index contributed by atoms with van der Waals surface area (Å²) in [6.45, 7) is 2.06. The lowest BCUT2D eigenvalue weighted by Crippen LogP contribution is -2.24. The van der Waals surface area contributed by atoms with Crippen LogP contribution in [-0.4, -0.2) is 5.91 Å². The maximum Gasteiger partial charge on any atom is 0.270 e. The van der Waals surface area contributed by atoms with Gasteiger partial charge in [0.15, 0.2) is 0 Å². The minimum absolute atomic E-state index is 0.133. The highest BCUT2D eigenvalue weighted by molar-refractivity contribution is 6.06. The zero-order valence-corrected chi connectivity index (χ0v) is 6.87. The Morgan fingerprint density at radius 3 is 3.00 bits per heavy atom. The fraction of sp³-hybridized carbons (Fsp3) is 0.200. The number of hydrogen-bond acceptors (Lipinski definition) is 1. The van der Waals surface area contributed by atoms with Crippen LogP contribution in [0.15, 0.2) is 23.2 Å². The van der Waals surface area contributed by atoms with Crippen molar-refractivity contribution in [1.82, 2.24) is 0 Å². The standard InChI is InChI=1S/C10H9NO/c1-2-7-4-3-5-8-6-9(12)11-10(7)8/h3-6H,2H2,1H3. The molecule has 2 nitrogen and oxygen atoms in total. The summed E-state index contributed by atoms with van der Waals surface area (Å²) in [6, 6.07) is 5.89. The van der Waals surface area contributed by atoms with E-state index in [2.05, 4.69) is 11.9 Å². The first-order valence-corrected chi connectivity index (χ1v) is 4.03. The molecule has 0 spiro atoms. The Balaban J connectivity index is 2.84. The van der Waals surface area contributed by atoms with Crippen molar-refractivity contribution in [3.63, 3.8) is 0 Å². The molecule has 0 atom stereocenters. The van der Waals surface area contributed by atoms with Crippen LogP contribution in [0.3, 0.4) is 0 Å². The minimum atomic E-state index is -0.133. The predicted octanol–water partition coefficient (Wildman–Crippen LogP) is 0.189. The summed E-state index contributed by atoms with van der Waals surface area (Å²) >= 11 is 0. The number of fused-ring (bicyclic) bond motifs is 1. The SMILES string of the molecule is CCc1cccc2c1=NC(=O)C=2. The molecule has 0 unspecified atom stereocenters. The van der Waals surface area contributed by atoms with Crippen molar-refractivity contribution in [2.45, 2.75) is 13.3 Å². The second-order valence-electron chi connectivity index (χ2n) is 2.80. The summed E-state index contributed by atoms with van der Waals surface area (Å²) in [6.07, 6.45) is 2.50. The van der Waals surface area contributed by atoms with E-state index in [9.17, 15) is 4.79 Å². The molecule has 0 saturated carbocycles. The van der Waals surface area contributed by atoms with Gasteiger partial charge < -0.3 is 0 Å². The molecule has 12 heavy (non-hydrogen) atoms. The lowest BCUT2D eigenvalue weighted by molar-refractivity contribution is -0.112. The molecule has 1 heterocycles. The normalized spacial score (nSPS) is 13.6. The molecule has 0 N–H and O–H groups in total. The van der Waals surface area contributed by atoms with Crippen molar-refractivity contribution in [3.05, 3.63) is 34.3 Å². The van der Waals surface area contributed by atoms with Gasteiger partial charge in [-0.3, -0.25) is 4.79 Å². The van der Waals surface area contributed by atoms with E-state index >= 15 is 0 Å². The minimum Gasteiger partial charge on any atom is -0.267 e. The number of amides is 1. The van der Waals surface area contributed by atoms with Crippen LogP contribution < -0.4 is 10.6 Å². The van der Waals surface area contributed by atoms with Gasteiger partial charge in [0.25, 0.3) is 5.91 Å². The second-order valence-corrected chi connectivity index (χ2v) is 2.80. The van der Waals surface area contributed by atoms with Crippen molar-refractivity contribution >= 4 is 12.0 Å². The summed E-state index contributed by atoms with van der Waals surface area (Å²) in [5, 5.41) is 1.82. The lowest BCUT2D eigenvalue weighted by atomic mass is 10.1. The molecule has 1 aromatic carbocycles. The number of carbonyl (C=O) groups excluding carboxylic acids is 1. The first-order chi connectivity index (χ1) is 5.81. The van der Waals surface area contributed by atoms with Crippen LogP contribution in [0.5, 0.6) is 0 Å². The Hall–Kier alpha value is -1.44. The van der Waals surface area contributed by atoms with Crippen LogP contribution in [-0.2, 0) is 11.2 Å². The zero-order chi connectivity index (χ0) is 8.55. The monoisotopic (exact) mass is 159 g/mol. The van der Waals surface area contributed by atoms with Crippen molar-refractivity contribution in [1.29, 1.82) is 0 Å². The number of benzene rings is 1. The molecule has 2 heteroatoms. The Morgan fingerprint density at radius 2 is 2.25 bits per heavy atom. The van der Waals surface area contributed by atoms with E-state index in [0.29, 0.717) is 0 Å². The second kappa shape index (κ2) is 2.55. The van der Waals surface area contributed by atoms with Gasteiger partial charge in [0.2, 0.25) is 0 Å². The van der Waals surface area contributed by atoms with Crippen molar-refractivity contribution in [2.24, 2.45) is 4.99 Å². The van der Waals surface area contributed by atoms with Gasteiger partial charge in [-0.15, -0.1) is 0 Å². The van der Waals surface area contributed by atoms with Crippen LogP contribution in [0.2, 0.25) is 0 Å². The van der Waals surface area contributed by atoms with Gasteiger partial charge in [0.05, 0.1) is 5.36 Å². The van der Waals surface area contributed by atoms with E-state index in [-0.39, 0.29) is 5.91 Å². The average molecular weight is 159 g/mol. The maximum absolute atomic E-state index is 10.9. The summed E-state index contributed by atoms with van der Waals surface area (Å²) in [4.78, 5) is 14.9. The van der Waals surface area contributed by atoms with Gasteiger partial charge in [0, 0.05) is 11.3 Å². The molecule has 1 aliphatic rings. The summed E-state index contributed by atoms with van der Waals surface area (Å²) in [5.74, 6) is -0.133. The fourth-order valence-corrected chi connectivity index (χ4v) is 1.42. The molecular weight excluding hydrogens is 150 g/mol. The van der Waals surface area contributed by atoms with E-state index in [1.807, 2.05) is 18.2 Å². The van der Waals surface area contributed by atoms with Crippen molar-refractivity contribution in [3.8, 4) is 0 Å². The number of nitrogens with zero attached hydrogens (tertiary/aromatic N) is 1. The Labute approximate surface area is 70.3 Å². The van der Waals surface area contributed by atoms with Gasteiger partial charge in [-0.1, -0.05) is 25.1 Å². The Bertz CT molecular complexity index is 445. The number of carbonyl (C=O) groups is 1. The van der Waals surface area contributed by atoms with Gasteiger partial charge in [0.1, 0.15) is 0 Å². The summed E-state index contributed by atoms with van der Waals surface area (Å²) in [7, 11) is 0. The molecule has 0 radical (unpaired) electrons. The predicted molar refractivity (Wildman–Crippen MR) is 46.1 cm³/mol. The fourth-order valence-electron chi connectivity index (χ4n) is 1.42. The first-order valence-electron chi connectivity index (χ1n) is 4.03. The summed E-state index contributed by atoms with van der Waals surface area (Å²) < 4.78 is 0. The average Bonchev–Trinajstić information content (AvgIpc) is 2.44. The van der Waals surface area contributed by atoms with E-state index < -0.39 is 0 Å². The van der Waals surface area contributed by atoms with Gasteiger partial charge in [-0.25, -0.2) is 4.99 Å². The quantitative estimate of drug-likeness (QED) is 0.575. The van der Waals surface area contributed by atoms with Gasteiger partial charge >= 0.3 is 0 Å². The first kappa shape index (κ1) is 7.22. The van der Waals surface area contributed by atoms with Crippen molar-refractivity contribution < 1.29 is 4.79 Å². The highest BCUT2D eigenvalue weighted by atomic mass is 16.1. The Kier molecular flexibility index (Phi) is 1.54. The molecule has 0 fully saturated rings. The largest absolute Gasteiger partial charge is 0.270 e. The van der Waals surface area contributed by atoms with E-state index in [0.717, 1.165) is 22.6 Å². The van der Waals surface area contributed by atoms with E-state index in [1.54, 1.807) is 6.08 Å². The molecular formula is C10H9NO. The lowest BCUT2D eigenvalue weighted by Gasteiger charge is -1.93. The smallest absolute Gasteiger partial charge is 0.267 e. The number of aryl methyl sites for hydroxylation is 1. The molecule has 1 amide bonds. The third-order valence-corrected chi connectivity index (χ3v) is 2.03. The molecule has 0 aromatic heterocycles. The van der Waals surface area contributed by atoms with Crippen molar-refractivity contribution in [2.75, 3.05) is 0 Å². The van der Waals surface area contributed by atoms with Crippen LogP contribution in [0, 0.1) is 0 Å². The molecule has 1 aliphatic heterocycles. The number of para-hydroxylation sites is 1. The highest BCUT2D eigenvalue weighted by Gasteiger charge is 2.04. The van der Waals surface area contributed by atoms with Crippen LogP contribution in [0.4, 0.5) is 0 Å². The zero-order valence-electron chi connectivity index (χ0n) is 6.87.